The largest absolute Gasteiger partial charge is 0.353 e. The van der Waals surface area contributed by atoms with Crippen LogP contribution in [0.2, 0.25) is 0 Å². The Morgan fingerprint density at radius 2 is 1.69 bits per heavy atom. The van der Waals surface area contributed by atoms with Crippen LogP contribution in [0.1, 0.15) is 103 Å². The molecule has 35 heavy (non-hydrogen) atoms. The van der Waals surface area contributed by atoms with Crippen molar-refractivity contribution < 1.29 is 18.9 Å². The molecule has 2 aliphatic heterocycles. The molecule has 0 bridgehead atoms. The highest BCUT2D eigenvalue weighted by molar-refractivity contribution is 5.27. The first kappa shape index (κ1) is 24.6. The molecule has 0 aromatic rings. The zero-order chi connectivity index (χ0) is 23.9. The molecule has 0 aromatic carbocycles. The fourth-order valence-electron chi connectivity index (χ4n) is 9.39. The van der Waals surface area contributed by atoms with Crippen LogP contribution in [0.3, 0.4) is 0 Å². The number of fused-ring (bicyclic) bond motifs is 5. The Balaban J connectivity index is 1.18. The van der Waals surface area contributed by atoms with Gasteiger partial charge in [0.05, 0.1) is 12.2 Å². The molecule has 0 aromatic heterocycles. The van der Waals surface area contributed by atoms with Crippen molar-refractivity contribution in [2.45, 2.75) is 128 Å². The lowest BCUT2D eigenvalue weighted by Gasteiger charge is -2.59. The topological polar surface area (TPSA) is 36.9 Å². The standard InChI is InChI=1S/C31H48O4/c1-3-16-31-18-14-23(34-28-8-4-6-19-32-28)21-22(31)10-11-24-25-12-13-27(30(25,2)17-15-26(24)31)35-29-9-5-7-20-33-29/h3,10,23-29H,1,4-9,11-21H2,2H3/t23-,24-,25-,26-,27-,28?,29?,30-,31-/m0/s1. The van der Waals surface area contributed by atoms with Gasteiger partial charge in [-0.1, -0.05) is 24.6 Å². The molecule has 4 heteroatoms. The summed E-state index contributed by atoms with van der Waals surface area (Å²) in [4.78, 5) is 0. The molecule has 0 amide bonds. The summed E-state index contributed by atoms with van der Waals surface area (Å²) in [6.07, 6.45) is 23.7. The van der Waals surface area contributed by atoms with Gasteiger partial charge in [0.2, 0.25) is 0 Å². The summed E-state index contributed by atoms with van der Waals surface area (Å²) in [6.45, 7) is 8.53. The van der Waals surface area contributed by atoms with Crippen molar-refractivity contribution in [3.05, 3.63) is 24.3 Å². The maximum atomic E-state index is 6.69. The monoisotopic (exact) mass is 484 g/mol. The van der Waals surface area contributed by atoms with Crippen LogP contribution in [0, 0.1) is 28.6 Å². The number of ether oxygens (including phenoxy) is 4. The summed E-state index contributed by atoms with van der Waals surface area (Å²) < 4.78 is 25.1. The SMILES string of the molecule is C=CC[C@]12CC[C@H](OC3CCCCO3)CC1=CC[C@@H]1[C@@H]2CC[C@]2(C)[C@@H](OC3CCCCO3)CC[C@@H]12. The molecule has 0 radical (unpaired) electrons. The van der Waals surface area contributed by atoms with Gasteiger partial charge in [-0.2, -0.15) is 0 Å². The minimum atomic E-state index is 0.0246. The predicted molar refractivity (Wildman–Crippen MR) is 138 cm³/mol. The van der Waals surface area contributed by atoms with E-state index >= 15 is 0 Å². The summed E-state index contributed by atoms with van der Waals surface area (Å²) in [5.74, 6) is 2.35. The fraction of sp³-hybridized carbons (Fsp3) is 0.871. The van der Waals surface area contributed by atoms with Crippen molar-refractivity contribution >= 4 is 0 Å². The maximum Gasteiger partial charge on any atom is 0.157 e. The normalized spacial score (nSPS) is 47.8. The molecule has 6 rings (SSSR count). The van der Waals surface area contributed by atoms with Gasteiger partial charge in [0.25, 0.3) is 0 Å². The molecule has 2 unspecified atom stereocenters. The number of hydrogen-bond donors (Lipinski definition) is 0. The third kappa shape index (κ3) is 4.49. The lowest BCUT2D eigenvalue weighted by molar-refractivity contribution is -0.216. The third-order valence-corrected chi connectivity index (χ3v) is 11.1. The van der Waals surface area contributed by atoms with Gasteiger partial charge in [-0.25, -0.2) is 0 Å². The second-order valence-corrected chi connectivity index (χ2v) is 12.8. The van der Waals surface area contributed by atoms with Crippen molar-refractivity contribution in [1.29, 1.82) is 0 Å². The van der Waals surface area contributed by atoms with Crippen LogP contribution >= 0.6 is 0 Å². The van der Waals surface area contributed by atoms with E-state index in [0.717, 1.165) is 56.7 Å². The minimum Gasteiger partial charge on any atom is -0.353 e. The molecule has 5 fully saturated rings. The zero-order valence-electron chi connectivity index (χ0n) is 22.1. The van der Waals surface area contributed by atoms with E-state index in [2.05, 4.69) is 25.7 Å². The average molecular weight is 485 g/mol. The van der Waals surface area contributed by atoms with Gasteiger partial charge in [-0.15, -0.1) is 6.58 Å². The molecule has 0 N–H and O–H groups in total. The summed E-state index contributed by atoms with van der Waals surface area (Å²) in [6, 6.07) is 0. The molecule has 196 valence electrons. The first-order valence-electron chi connectivity index (χ1n) is 15.0. The second-order valence-electron chi connectivity index (χ2n) is 12.8. The number of allylic oxidation sites excluding steroid dienone is 2. The molecule has 4 aliphatic carbocycles. The van der Waals surface area contributed by atoms with Gasteiger partial charge in [-0.3, -0.25) is 0 Å². The first-order chi connectivity index (χ1) is 17.1. The van der Waals surface area contributed by atoms with Crippen molar-refractivity contribution in [2.24, 2.45) is 28.6 Å². The zero-order valence-corrected chi connectivity index (χ0v) is 22.1. The first-order valence-corrected chi connectivity index (χ1v) is 15.0. The van der Waals surface area contributed by atoms with E-state index in [1.165, 1.54) is 70.6 Å². The highest BCUT2D eigenvalue weighted by Gasteiger charge is 2.60. The molecule has 4 nitrogen and oxygen atoms in total. The predicted octanol–water partition coefficient (Wildman–Crippen LogP) is 7.33. The van der Waals surface area contributed by atoms with Gasteiger partial charge in [-0.05, 0) is 125 Å². The van der Waals surface area contributed by atoms with Crippen molar-refractivity contribution in [3.63, 3.8) is 0 Å². The van der Waals surface area contributed by atoms with Gasteiger partial charge >= 0.3 is 0 Å². The van der Waals surface area contributed by atoms with Crippen LogP contribution < -0.4 is 0 Å². The Bertz CT molecular complexity index is 781. The van der Waals surface area contributed by atoms with E-state index < -0.39 is 0 Å². The molecule has 9 atom stereocenters. The number of rotatable bonds is 6. The maximum absolute atomic E-state index is 6.69. The molecular weight excluding hydrogens is 436 g/mol. The lowest BCUT2D eigenvalue weighted by Crippen LogP contribution is -2.53. The Hall–Kier alpha value is -0.680. The average Bonchev–Trinajstić information content (AvgIpc) is 3.21. The van der Waals surface area contributed by atoms with Crippen molar-refractivity contribution in [2.75, 3.05) is 13.2 Å². The summed E-state index contributed by atoms with van der Waals surface area (Å²) in [5, 5.41) is 0. The number of hydrogen-bond acceptors (Lipinski definition) is 4. The molecule has 6 aliphatic rings. The van der Waals surface area contributed by atoms with E-state index in [9.17, 15) is 0 Å². The summed E-state index contributed by atoms with van der Waals surface area (Å²) in [7, 11) is 0. The highest BCUT2D eigenvalue weighted by Crippen LogP contribution is 2.66. The van der Waals surface area contributed by atoms with Gasteiger partial charge < -0.3 is 18.9 Å². The van der Waals surface area contributed by atoms with Crippen LogP contribution in [0.5, 0.6) is 0 Å². The minimum absolute atomic E-state index is 0.0246. The molecular formula is C31H48O4. The Kier molecular flexibility index (Phi) is 7.21. The fourth-order valence-corrected chi connectivity index (χ4v) is 9.39. The highest BCUT2D eigenvalue weighted by atomic mass is 16.7. The second kappa shape index (κ2) is 10.2. The van der Waals surface area contributed by atoms with E-state index in [0.29, 0.717) is 23.0 Å². The molecule has 0 spiro atoms. The van der Waals surface area contributed by atoms with Crippen LogP contribution in [0.15, 0.2) is 24.3 Å². The summed E-state index contributed by atoms with van der Waals surface area (Å²) in [5.41, 5.74) is 2.31. The van der Waals surface area contributed by atoms with Crippen LogP contribution in [0.4, 0.5) is 0 Å². The Morgan fingerprint density at radius 1 is 0.914 bits per heavy atom. The van der Waals surface area contributed by atoms with Crippen LogP contribution in [-0.4, -0.2) is 38.0 Å². The van der Waals surface area contributed by atoms with Gasteiger partial charge in [0, 0.05) is 13.2 Å². The van der Waals surface area contributed by atoms with Crippen LogP contribution in [0.25, 0.3) is 0 Å². The van der Waals surface area contributed by atoms with E-state index in [4.69, 9.17) is 18.9 Å². The Morgan fingerprint density at radius 3 is 2.40 bits per heavy atom. The lowest BCUT2D eigenvalue weighted by atomic mass is 9.46. The third-order valence-electron chi connectivity index (χ3n) is 11.1. The van der Waals surface area contributed by atoms with E-state index in [1.54, 1.807) is 5.57 Å². The smallest absolute Gasteiger partial charge is 0.157 e. The van der Waals surface area contributed by atoms with Gasteiger partial charge in [0.1, 0.15) is 0 Å². The van der Waals surface area contributed by atoms with Crippen LogP contribution in [-0.2, 0) is 18.9 Å². The van der Waals surface area contributed by atoms with Crippen molar-refractivity contribution in [3.8, 4) is 0 Å². The van der Waals surface area contributed by atoms with Gasteiger partial charge in [0.15, 0.2) is 12.6 Å². The molecule has 3 saturated carbocycles. The molecule has 2 heterocycles. The Labute approximate surface area is 213 Å². The summed E-state index contributed by atoms with van der Waals surface area (Å²) >= 11 is 0. The van der Waals surface area contributed by atoms with E-state index in [-0.39, 0.29) is 12.6 Å². The molecule has 2 saturated heterocycles. The van der Waals surface area contributed by atoms with Crippen molar-refractivity contribution in [1.82, 2.24) is 0 Å². The quantitative estimate of drug-likeness (QED) is 0.370. The van der Waals surface area contributed by atoms with E-state index in [1.807, 2.05) is 0 Å².